The van der Waals surface area contributed by atoms with Crippen LogP contribution in [0.5, 0.6) is 0 Å². The quantitative estimate of drug-likeness (QED) is 0.377. The Labute approximate surface area is 87.8 Å². The highest BCUT2D eigenvalue weighted by Crippen LogP contribution is 1.93. The van der Waals surface area contributed by atoms with Gasteiger partial charge in [-0.25, -0.2) is 9.79 Å². The van der Waals surface area contributed by atoms with E-state index in [9.17, 15) is 9.59 Å². The van der Waals surface area contributed by atoms with Crippen molar-refractivity contribution in [2.75, 3.05) is 0 Å². The second kappa shape index (κ2) is 5.05. The molecule has 15 heavy (non-hydrogen) atoms. The minimum absolute atomic E-state index is 0.145. The normalized spacial score (nSPS) is 11.1. The number of ketones is 1. The van der Waals surface area contributed by atoms with Gasteiger partial charge in [0.05, 0.1) is 5.56 Å². The number of benzene rings is 1. The van der Waals surface area contributed by atoms with Crippen LogP contribution in [0.2, 0.25) is 0 Å². The summed E-state index contributed by atoms with van der Waals surface area (Å²) in [5.41, 5.74) is 6.38. The second-order valence-electron chi connectivity index (χ2n) is 3.21. The maximum atomic E-state index is 11.2. The molecule has 1 rings (SSSR count). The first-order valence-corrected chi connectivity index (χ1v) is 4.56. The predicted molar refractivity (Wildman–Crippen MR) is 56.0 cm³/mol. The van der Waals surface area contributed by atoms with E-state index in [1.54, 1.807) is 12.1 Å². The SMILES string of the molecule is CC(=O)CC(=O)[NH+]=C(N)c1ccccc1. The zero-order chi connectivity index (χ0) is 11.3. The van der Waals surface area contributed by atoms with Crippen molar-refractivity contribution in [1.29, 1.82) is 0 Å². The summed E-state index contributed by atoms with van der Waals surface area (Å²) in [6.45, 7) is 1.36. The molecule has 0 bridgehead atoms. The summed E-state index contributed by atoms with van der Waals surface area (Å²) in [6.07, 6.45) is -0.145. The Hall–Kier alpha value is -1.97. The third-order valence-corrected chi connectivity index (χ3v) is 1.77. The number of nitrogen functional groups attached to an aromatic ring is 1. The lowest BCUT2D eigenvalue weighted by Crippen LogP contribution is -2.79. The van der Waals surface area contributed by atoms with E-state index in [0.717, 1.165) is 5.56 Å². The second-order valence-corrected chi connectivity index (χ2v) is 3.21. The van der Waals surface area contributed by atoms with Crippen molar-refractivity contribution in [3.63, 3.8) is 0 Å². The fraction of sp³-hybridized carbons (Fsp3) is 0.182. The van der Waals surface area contributed by atoms with Gasteiger partial charge in [-0.15, -0.1) is 0 Å². The van der Waals surface area contributed by atoms with E-state index in [-0.39, 0.29) is 23.9 Å². The summed E-state index contributed by atoms with van der Waals surface area (Å²) in [5, 5.41) is 0. The lowest BCUT2D eigenvalue weighted by Gasteiger charge is -1.93. The highest BCUT2D eigenvalue weighted by molar-refractivity contribution is 5.98. The topological polar surface area (TPSA) is 74.1 Å². The summed E-state index contributed by atoms with van der Waals surface area (Å²) in [4.78, 5) is 24.3. The number of carbonyl (C=O) groups is 2. The summed E-state index contributed by atoms with van der Waals surface area (Å²) < 4.78 is 0. The molecule has 0 aliphatic carbocycles. The van der Waals surface area contributed by atoms with Gasteiger partial charge in [-0.05, 0) is 19.1 Å². The van der Waals surface area contributed by atoms with Crippen molar-refractivity contribution < 1.29 is 14.6 Å². The fourth-order valence-electron chi connectivity index (χ4n) is 1.11. The van der Waals surface area contributed by atoms with Crippen LogP contribution in [0.4, 0.5) is 0 Å². The monoisotopic (exact) mass is 205 g/mol. The summed E-state index contributed by atoms with van der Waals surface area (Å²) >= 11 is 0. The van der Waals surface area contributed by atoms with Crippen LogP contribution in [-0.4, -0.2) is 17.5 Å². The number of nitrogens with two attached hydrogens (primary N) is 1. The van der Waals surface area contributed by atoms with E-state index in [0.29, 0.717) is 0 Å². The van der Waals surface area contributed by atoms with E-state index >= 15 is 0 Å². The zero-order valence-electron chi connectivity index (χ0n) is 8.49. The third kappa shape index (κ3) is 3.72. The highest BCUT2D eigenvalue weighted by Gasteiger charge is 2.09. The van der Waals surface area contributed by atoms with Gasteiger partial charge < -0.3 is 0 Å². The van der Waals surface area contributed by atoms with Crippen LogP contribution in [0.25, 0.3) is 0 Å². The van der Waals surface area contributed by atoms with Crippen LogP contribution >= 0.6 is 0 Å². The zero-order valence-corrected chi connectivity index (χ0v) is 8.49. The fourth-order valence-corrected chi connectivity index (χ4v) is 1.11. The molecule has 0 heterocycles. The van der Waals surface area contributed by atoms with Gasteiger partial charge in [0, 0.05) is 0 Å². The first-order valence-electron chi connectivity index (χ1n) is 4.56. The smallest absolute Gasteiger partial charge is 0.299 e. The van der Waals surface area contributed by atoms with Crippen LogP contribution in [0, 0.1) is 0 Å². The molecule has 0 fully saturated rings. The lowest BCUT2D eigenvalue weighted by molar-refractivity contribution is -0.377. The van der Waals surface area contributed by atoms with Gasteiger partial charge in [-0.2, -0.15) is 0 Å². The van der Waals surface area contributed by atoms with Crippen molar-refractivity contribution >= 4 is 17.5 Å². The Balaban J connectivity index is 2.76. The molecule has 0 radical (unpaired) electrons. The van der Waals surface area contributed by atoms with Gasteiger partial charge in [-0.3, -0.25) is 10.5 Å². The summed E-state index contributed by atoms with van der Waals surface area (Å²) in [7, 11) is 0. The van der Waals surface area contributed by atoms with Gasteiger partial charge in [0.25, 0.3) is 5.84 Å². The molecule has 0 unspecified atom stereocenters. The molecule has 0 aliphatic heterocycles. The molecular weight excluding hydrogens is 192 g/mol. The first-order chi connectivity index (χ1) is 7.09. The van der Waals surface area contributed by atoms with Gasteiger partial charge in [0.2, 0.25) is 0 Å². The average molecular weight is 205 g/mol. The van der Waals surface area contributed by atoms with Crippen LogP contribution in [0.1, 0.15) is 18.9 Å². The Morgan fingerprint density at radius 3 is 2.40 bits per heavy atom. The minimum atomic E-state index is -0.385. The Bertz CT molecular complexity index is 396. The molecule has 0 atom stereocenters. The Kier molecular flexibility index (Phi) is 3.74. The molecule has 1 aromatic carbocycles. The molecule has 0 aromatic heterocycles. The number of carbonyl (C=O) groups excluding carboxylic acids is 2. The number of Topliss-reactive ketones (excluding diaryl/α,β-unsaturated/α-hetero) is 1. The van der Waals surface area contributed by atoms with Gasteiger partial charge >= 0.3 is 5.91 Å². The highest BCUT2D eigenvalue weighted by atomic mass is 16.2. The van der Waals surface area contributed by atoms with E-state index < -0.39 is 0 Å². The molecule has 4 nitrogen and oxygen atoms in total. The molecule has 1 aromatic rings. The molecule has 0 saturated heterocycles. The van der Waals surface area contributed by atoms with Crippen molar-refractivity contribution in [3.05, 3.63) is 35.9 Å². The molecule has 3 N–H and O–H groups in total. The van der Waals surface area contributed by atoms with E-state index in [2.05, 4.69) is 4.99 Å². The van der Waals surface area contributed by atoms with Crippen LogP contribution in [0.15, 0.2) is 30.3 Å². The van der Waals surface area contributed by atoms with Crippen molar-refractivity contribution in [2.45, 2.75) is 13.3 Å². The summed E-state index contributed by atoms with van der Waals surface area (Å²) in [5.74, 6) is -0.306. The van der Waals surface area contributed by atoms with Crippen molar-refractivity contribution in [1.82, 2.24) is 0 Å². The van der Waals surface area contributed by atoms with Crippen LogP contribution in [-0.2, 0) is 9.59 Å². The van der Waals surface area contributed by atoms with E-state index in [4.69, 9.17) is 5.73 Å². The van der Waals surface area contributed by atoms with Gasteiger partial charge in [-0.1, -0.05) is 18.2 Å². The largest absolute Gasteiger partial charge is 0.314 e. The average Bonchev–Trinajstić information content (AvgIpc) is 2.17. The number of nitrogens with one attached hydrogen (secondary N) is 1. The molecule has 78 valence electrons. The summed E-state index contributed by atoms with van der Waals surface area (Å²) in [6, 6.07) is 9.06. The molecule has 0 aliphatic rings. The van der Waals surface area contributed by atoms with Crippen molar-refractivity contribution in [2.24, 2.45) is 5.73 Å². The maximum Gasteiger partial charge on any atom is 0.314 e. The predicted octanol–water partition coefficient (Wildman–Crippen LogP) is -1.02. The number of hydrogen-bond acceptors (Lipinski definition) is 2. The molecular formula is C11H13N2O2+. The standard InChI is InChI=1S/C11H12N2O2/c1-8(14)7-10(15)13-11(12)9-5-3-2-4-6-9/h2-6H,7H2,1H3,(H2,12,13,15)/p+1. The van der Waals surface area contributed by atoms with Crippen molar-refractivity contribution in [3.8, 4) is 0 Å². The number of amidine groups is 1. The molecule has 4 heteroatoms. The minimum Gasteiger partial charge on any atom is -0.299 e. The Morgan fingerprint density at radius 1 is 1.27 bits per heavy atom. The third-order valence-electron chi connectivity index (χ3n) is 1.77. The maximum absolute atomic E-state index is 11.2. The first kappa shape index (κ1) is 11.1. The van der Waals surface area contributed by atoms with Crippen LogP contribution in [0.3, 0.4) is 0 Å². The van der Waals surface area contributed by atoms with Crippen LogP contribution < -0.4 is 10.7 Å². The van der Waals surface area contributed by atoms with E-state index in [1.807, 2.05) is 18.2 Å². The Morgan fingerprint density at radius 2 is 1.87 bits per heavy atom. The van der Waals surface area contributed by atoms with E-state index in [1.165, 1.54) is 6.92 Å². The molecule has 0 spiro atoms. The number of rotatable bonds is 3. The molecule has 1 amide bonds. The molecule has 0 saturated carbocycles. The van der Waals surface area contributed by atoms with Gasteiger partial charge in [0.1, 0.15) is 12.2 Å². The number of amides is 1. The van der Waals surface area contributed by atoms with Gasteiger partial charge in [0.15, 0.2) is 0 Å². The number of hydrogen-bond donors (Lipinski definition) is 2. The lowest BCUT2D eigenvalue weighted by atomic mass is 10.2.